The van der Waals surface area contributed by atoms with Gasteiger partial charge in [-0.1, -0.05) is 19.0 Å². The second kappa shape index (κ2) is 12.3. The van der Waals surface area contributed by atoms with Gasteiger partial charge < -0.3 is 14.9 Å². The number of likely N-dealkylation sites (N-methyl/N-ethyl adjacent to an activating group) is 1. The largest absolute Gasteiger partial charge is 0.436 e. The number of alkyl halides is 3. The highest BCUT2D eigenvalue weighted by atomic mass is 19.4. The Bertz CT molecular complexity index is 954. The molecule has 2 N–H and O–H groups in total. The Morgan fingerprint density at radius 2 is 1.71 bits per heavy atom. The van der Waals surface area contributed by atoms with Crippen molar-refractivity contribution < 1.29 is 32.4 Å². The summed E-state index contributed by atoms with van der Waals surface area (Å²) < 4.78 is 40.5. The number of nitrogens with one attached hydrogen (secondary N) is 1. The number of hydrogen-bond donors (Lipinski definition) is 2. The predicted octanol–water partition coefficient (Wildman–Crippen LogP) is 5.68. The van der Waals surface area contributed by atoms with Crippen molar-refractivity contribution in [3.63, 3.8) is 0 Å². The predicted molar refractivity (Wildman–Crippen MR) is 154 cm³/mol. The van der Waals surface area contributed by atoms with Crippen LogP contribution in [0.1, 0.15) is 78.6 Å². The lowest BCUT2D eigenvalue weighted by Crippen LogP contribution is -2.54. The summed E-state index contributed by atoms with van der Waals surface area (Å²) in [6.45, 7) is 6.96. The van der Waals surface area contributed by atoms with E-state index >= 15 is 0 Å². The average molecular weight is 588 g/mol. The highest BCUT2D eigenvalue weighted by molar-refractivity contribution is 5.85. The van der Waals surface area contributed by atoms with Gasteiger partial charge in [-0.2, -0.15) is 13.2 Å². The van der Waals surface area contributed by atoms with E-state index in [4.69, 9.17) is 4.84 Å². The summed E-state index contributed by atoms with van der Waals surface area (Å²) in [5.74, 6) is 2.71. The second-order valence-corrected chi connectivity index (χ2v) is 15.2. The highest BCUT2D eigenvalue weighted by Gasteiger charge is 2.60. The fourth-order valence-electron chi connectivity index (χ4n) is 9.36. The molecule has 4 aliphatic carbocycles. The van der Waals surface area contributed by atoms with Gasteiger partial charge in [0.05, 0.1) is 39.5 Å². The van der Waals surface area contributed by atoms with E-state index in [2.05, 4.69) is 24.3 Å². The van der Waals surface area contributed by atoms with E-state index in [-0.39, 0.29) is 30.5 Å². The minimum Gasteiger partial charge on any atom is -0.393 e. The van der Waals surface area contributed by atoms with E-state index in [1.807, 2.05) is 28.1 Å². The minimum absolute atomic E-state index is 0.0552. The molecule has 10 heteroatoms. The fourth-order valence-corrected chi connectivity index (χ4v) is 9.36. The van der Waals surface area contributed by atoms with E-state index in [0.717, 1.165) is 55.3 Å². The molecule has 0 aliphatic heterocycles. The normalized spacial score (nSPS) is 37.7. The third kappa shape index (κ3) is 7.40. The lowest BCUT2D eigenvalue weighted by molar-refractivity contribution is -0.869. The van der Waals surface area contributed by atoms with Gasteiger partial charge in [0, 0.05) is 25.6 Å². The van der Waals surface area contributed by atoms with Gasteiger partial charge in [-0.15, -0.1) is 0 Å². The summed E-state index contributed by atoms with van der Waals surface area (Å²) in [4.78, 5) is 18.6. The Morgan fingerprint density at radius 3 is 2.39 bits per heavy atom. The molecule has 0 bridgehead atoms. The molecule has 7 nitrogen and oxygen atoms in total. The van der Waals surface area contributed by atoms with Gasteiger partial charge in [0.15, 0.2) is 0 Å². The number of aliphatic hydroxyl groups is 1. The first-order valence-corrected chi connectivity index (χ1v) is 15.8. The number of carbonyl (C=O) groups excluding carboxylic acids is 1. The standard InChI is InChI=1S/C31H54F3N4O3/c1-21(36-41-28(40)37(20-31(32,33)34)17-15-35-16-18-38(4,5)6)25-9-10-26-24-8-7-22-19-23(39)11-13-29(22,2)27(24)12-14-30(25,26)3/h22-27,35,39H,7-20H2,1-6H3/q+1/b36-21+/t22-,23+,24-,25+,26-,27-,29-,30+/m0/s1. The van der Waals surface area contributed by atoms with Crippen LogP contribution in [0.2, 0.25) is 0 Å². The van der Waals surface area contributed by atoms with Crippen LogP contribution in [0.4, 0.5) is 18.0 Å². The maximum Gasteiger partial charge on any atom is 0.436 e. The number of hydrogen-bond acceptors (Lipinski definition) is 5. The molecule has 0 saturated heterocycles. The monoisotopic (exact) mass is 587 g/mol. The molecule has 4 fully saturated rings. The zero-order chi connectivity index (χ0) is 30.2. The van der Waals surface area contributed by atoms with Gasteiger partial charge in [-0.3, -0.25) is 9.74 Å². The molecule has 4 aliphatic rings. The molecule has 1 amide bonds. The van der Waals surface area contributed by atoms with Gasteiger partial charge >= 0.3 is 12.3 Å². The lowest BCUT2D eigenvalue weighted by atomic mass is 9.44. The summed E-state index contributed by atoms with van der Waals surface area (Å²) in [6.07, 6.45) is 4.01. The van der Waals surface area contributed by atoms with Gasteiger partial charge in [-0.05, 0) is 99.2 Å². The molecular formula is C31H54F3N4O3+. The minimum atomic E-state index is -4.52. The molecule has 4 saturated carbocycles. The number of quaternary nitrogens is 1. The topological polar surface area (TPSA) is 74.2 Å². The van der Waals surface area contributed by atoms with Crippen molar-refractivity contribution in [2.75, 3.05) is 53.9 Å². The number of nitrogens with zero attached hydrogens (tertiary/aromatic N) is 3. The molecule has 0 unspecified atom stereocenters. The van der Waals surface area contributed by atoms with Crippen molar-refractivity contribution in [2.45, 2.75) is 90.8 Å². The van der Waals surface area contributed by atoms with Crippen molar-refractivity contribution in [3.8, 4) is 0 Å². The van der Waals surface area contributed by atoms with Gasteiger partial charge in [0.1, 0.15) is 6.54 Å². The summed E-state index contributed by atoms with van der Waals surface area (Å²) >= 11 is 0. The molecule has 41 heavy (non-hydrogen) atoms. The molecule has 4 rings (SSSR count). The summed E-state index contributed by atoms with van der Waals surface area (Å²) in [7, 11) is 6.13. The third-order valence-corrected chi connectivity index (χ3v) is 11.6. The van der Waals surface area contributed by atoms with Crippen LogP contribution in [-0.4, -0.2) is 92.4 Å². The summed E-state index contributed by atoms with van der Waals surface area (Å²) in [6, 6.07) is 0. The van der Waals surface area contributed by atoms with Crippen LogP contribution in [0.25, 0.3) is 0 Å². The maximum absolute atomic E-state index is 13.2. The molecule has 0 aromatic heterocycles. The number of halogens is 3. The van der Waals surface area contributed by atoms with E-state index in [0.29, 0.717) is 40.5 Å². The van der Waals surface area contributed by atoms with Crippen molar-refractivity contribution in [2.24, 2.45) is 45.6 Å². The molecule has 0 radical (unpaired) electrons. The average Bonchev–Trinajstić information content (AvgIpc) is 3.22. The van der Waals surface area contributed by atoms with E-state index in [1.165, 1.54) is 19.3 Å². The molecule has 236 valence electrons. The lowest BCUT2D eigenvalue weighted by Gasteiger charge is -2.61. The SMILES string of the molecule is C/C(=N\OC(=O)N(CCNCC[N+](C)(C)C)CC(F)(F)F)[C@H]1CC[C@H]2[C@@H]3CC[C@H]4C[C@H](O)CC[C@]4(C)[C@H]3CC[C@]12C. The Hall–Kier alpha value is -1.39. The van der Waals surface area contributed by atoms with Crippen molar-refractivity contribution in [1.82, 2.24) is 10.2 Å². The zero-order valence-electron chi connectivity index (χ0n) is 26.1. The van der Waals surface area contributed by atoms with E-state index in [1.54, 1.807) is 0 Å². The highest BCUT2D eigenvalue weighted by Crippen LogP contribution is 2.67. The van der Waals surface area contributed by atoms with Crippen LogP contribution < -0.4 is 5.32 Å². The molecule has 0 aromatic rings. The first-order valence-electron chi connectivity index (χ1n) is 15.8. The van der Waals surface area contributed by atoms with Crippen LogP contribution in [0.5, 0.6) is 0 Å². The van der Waals surface area contributed by atoms with E-state index in [9.17, 15) is 23.1 Å². The van der Waals surface area contributed by atoms with Crippen LogP contribution >= 0.6 is 0 Å². The Kier molecular flexibility index (Phi) is 9.76. The van der Waals surface area contributed by atoms with Crippen molar-refractivity contribution in [1.29, 1.82) is 0 Å². The fraction of sp³-hybridized carbons (Fsp3) is 0.935. The molecular weight excluding hydrogens is 533 g/mol. The van der Waals surface area contributed by atoms with Crippen LogP contribution in [0.15, 0.2) is 5.16 Å². The number of rotatable bonds is 9. The second-order valence-electron chi connectivity index (χ2n) is 15.2. The number of oxime groups is 1. The molecule has 0 aromatic carbocycles. The van der Waals surface area contributed by atoms with Crippen LogP contribution in [-0.2, 0) is 4.84 Å². The van der Waals surface area contributed by atoms with Gasteiger partial charge in [-0.25, -0.2) is 4.79 Å². The van der Waals surface area contributed by atoms with E-state index < -0.39 is 18.8 Å². The quantitative estimate of drug-likeness (QED) is 0.120. The Balaban J connectivity index is 1.37. The van der Waals surface area contributed by atoms with Crippen molar-refractivity contribution in [3.05, 3.63) is 0 Å². The first-order chi connectivity index (χ1) is 19.0. The van der Waals surface area contributed by atoms with Gasteiger partial charge in [0.25, 0.3) is 0 Å². The first kappa shape index (κ1) is 32.5. The smallest absolute Gasteiger partial charge is 0.393 e. The van der Waals surface area contributed by atoms with Crippen LogP contribution in [0, 0.1) is 40.4 Å². The Morgan fingerprint density at radius 1 is 1.02 bits per heavy atom. The number of aliphatic hydroxyl groups excluding tert-OH is 1. The summed E-state index contributed by atoms with van der Waals surface area (Å²) in [5, 5.41) is 17.6. The third-order valence-electron chi connectivity index (χ3n) is 11.6. The number of fused-ring (bicyclic) bond motifs is 5. The number of amides is 1. The van der Waals surface area contributed by atoms with Crippen molar-refractivity contribution >= 4 is 11.8 Å². The summed E-state index contributed by atoms with van der Waals surface area (Å²) in [5.41, 5.74) is 1.08. The van der Waals surface area contributed by atoms with Gasteiger partial charge in [0.2, 0.25) is 0 Å². The zero-order valence-corrected chi connectivity index (χ0v) is 26.1. The maximum atomic E-state index is 13.2. The molecule has 0 spiro atoms. The molecule has 8 atom stereocenters. The Labute approximate surface area is 244 Å². The molecule has 0 heterocycles. The number of carbonyl (C=O) groups is 1. The van der Waals surface area contributed by atoms with Crippen LogP contribution in [0.3, 0.4) is 0 Å².